The molecular weight excluding hydrogens is 312 g/mol. The lowest BCUT2D eigenvalue weighted by Gasteiger charge is -2.03. The van der Waals surface area contributed by atoms with Crippen molar-refractivity contribution in [2.45, 2.75) is 17.7 Å². The van der Waals surface area contributed by atoms with Crippen molar-refractivity contribution >= 4 is 40.1 Å². The third-order valence-electron chi connectivity index (χ3n) is 2.42. The summed E-state index contributed by atoms with van der Waals surface area (Å²) in [5.41, 5.74) is 1.66. The molecule has 0 aromatic carbocycles. The number of nitrogens with one attached hydrogen (secondary N) is 1. The van der Waals surface area contributed by atoms with Crippen molar-refractivity contribution in [2.75, 3.05) is 11.1 Å². The number of carboxylic acid groups (broad SMARTS) is 1. The molecule has 0 aliphatic carbocycles. The second-order valence-electron chi connectivity index (χ2n) is 4.05. The summed E-state index contributed by atoms with van der Waals surface area (Å²) in [5.74, 6) is -1.25. The summed E-state index contributed by atoms with van der Waals surface area (Å²) < 4.78 is 0.502. The average molecular weight is 324 g/mol. The van der Waals surface area contributed by atoms with Crippen molar-refractivity contribution in [3.63, 3.8) is 0 Å². The van der Waals surface area contributed by atoms with Crippen LogP contribution in [-0.4, -0.2) is 37.9 Å². The van der Waals surface area contributed by atoms with Gasteiger partial charge < -0.3 is 10.4 Å². The zero-order chi connectivity index (χ0) is 15.2. The van der Waals surface area contributed by atoms with Crippen molar-refractivity contribution in [2.24, 2.45) is 0 Å². The molecule has 0 aliphatic rings. The Kier molecular flexibility index (Phi) is 5.23. The number of thioether (sulfide) groups is 1. The molecule has 2 rings (SSSR count). The molecular formula is C12H12N4O3S2. The molecule has 21 heavy (non-hydrogen) atoms. The summed E-state index contributed by atoms with van der Waals surface area (Å²) in [6.45, 7) is 1.89. The summed E-state index contributed by atoms with van der Waals surface area (Å²) >= 11 is 2.21. The third kappa shape index (κ3) is 4.80. The number of amides is 1. The lowest BCUT2D eigenvalue weighted by molar-refractivity contribution is -0.133. The molecule has 0 aliphatic heterocycles. The van der Waals surface area contributed by atoms with Crippen molar-refractivity contribution < 1.29 is 14.7 Å². The fraction of sp³-hybridized carbons (Fsp3) is 0.250. The zero-order valence-corrected chi connectivity index (χ0v) is 12.7. The minimum Gasteiger partial charge on any atom is -0.481 e. The van der Waals surface area contributed by atoms with Crippen LogP contribution < -0.4 is 5.32 Å². The lowest BCUT2D eigenvalue weighted by atomic mass is 10.1. The van der Waals surface area contributed by atoms with E-state index in [-0.39, 0.29) is 18.1 Å². The predicted octanol–water partition coefficient (Wildman–Crippen LogP) is 1.60. The number of aliphatic carboxylic acids is 1. The number of rotatable bonds is 6. The smallest absolute Gasteiger partial charge is 0.313 e. The number of carbonyl (C=O) groups is 2. The molecule has 0 saturated heterocycles. The van der Waals surface area contributed by atoms with Gasteiger partial charge in [-0.3, -0.25) is 14.6 Å². The predicted molar refractivity (Wildman–Crippen MR) is 79.6 cm³/mol. The quantitative estimate of drug-likeness (QED) is 0.614. The van der Waals surface area contributed by atoms with Gasteiger partial charge in [-0.25, -0.2) is 0 Å². The Morgan fingerprint density at radius 2 is 2.24 bits per heavy atom. The Balaban J connectivity index is 1.91. The van der Waals surface area contributed by atoms with E-state index in [1.807, 2.05) is 19.1 Å². The number of aryl methyl sites for hydroxylation is 1. The van der Waals surface area contributed by atoms with Gasteiger partial charge in [0.1, 0.15) is 0 Å². The molecule has 0 atom stereocenters. The topological polar surface area (TPSA) is 105 Å². The van der Waals surface area contributed by atoms with Crippen molar-refractivity contribution in [3.05, 3.63) is 29.6 Å². The normalized spacial score (nSPS) is 10.3. The number of carbonyl (C=O) groups excluding carboxylic acids is 1. The van der Waals surface area contributed by atoms with E-state index < -0.39 is 5.97 Å². The number of hydrogen-bond donors (Lipinski definition) is 2. The van der Waals surface area contributed by atoms with E-state index in [9.17, 15) is 9.59 Å². The van der Waals surface area contributed by atoms with Gasteiger partial charge in [0.15, 0.2) is 4.34 Å². The number of carboxylic acids is 1. The van der Waals surface area contributed by atoms with Crippen LogP contribution >= 0.6 is 23.1 Å². The highest BCUT2D eigenvalue weighted by molar-refractivity contribution is 8.01. The summed E-state index contributed by atoms with van der Waals surface area (Å²) in [6, 6.07) is 3.70. The zero-order valence-electron chi connectivity index (χ0n) is 11.1. The molecule has 2 N–H and O–H groups in total. The largest absolute Gasteiger partial charge is 0.481 e. The van der Waals surface area contributed by atoms with E-state index in [0.29, 0.717) is 15.2 Å². The van der Waals surface area contributed by atoms with Crippen LogP contribution in [0.15, 0.2) is 22.7 Å². The molecule has 0 radical (unpaired) electrons. The molecule has 110 valence electrons. The van der Waals surface area contributed by atoms with E-state index >= 15 is 0 Å². The molecule has 9 heteroatoms. The number of hydrogen-bond acceptors (Lipinski definition) is 7. The first-order valence-electron chi connectivity index (χ1n) is 5.93. The summed E-state index contributed by atoms with van der Waals surface area (Å²) in [7, 11) is 0. The molecule has 0 bridgehead atoms. The molecule has 0 saturated carbocycles. The van der Waals surface area contributed by atoms with Crippen LogP contribution in [0.3, 0.4) is 0 Å². The van der Waals surface area contributed by atoms with Crippen LogP contribution in [-0.2, 0) is 16.0 Å². The van der Waals surface area contributed by atoms with Gasteiger partial charge in [0, 0.05) is 6.20 Å². The van der Waals surface area contributed by atoms with E-state index in [1.165, 1.54) is 0 Å². The van der Waals surface area contributed by atoms with Gasteiger partial charge in [-0.1, -0.05) is 29.2 Å². The van der Waals surface area contributed by atoms with Crippen LogP contribution in [0.2, 0.25) is 0 Å². The first-order valence-corrected chi connectivity index (χ1v) is 7.73. The molecule has 1 amide bonds. The molecule has 0 spiro atoms. The van der Waals surface area contributed by atoms with E-state index in [2.05, 4.69) is 20.5 Å². The summed E-state index contributed by atoms with van der Waals surface area (Å²) in [5, 5.41) is 19.2. The van der Waals surface area contributed by atoms with Crippen molar-refractivity contribution in [3.8, 4) is 0 Å². The Hall–Kier alpha value is -2.00. The van der Waals surface area contributed by atoms with Crippen LogP contribution in [0.5, 0.6) is 0 Å². The Labute approximate surface area is 128 Å². The van der Waals surface area contributed by atoms with E-state index in [1.54, 1.807) is 6.20 Å². The van der Waals surface area contributed by atoms with E-state index in [0.717, 1.165) is 28.7 Å². The van der Waals surface area contributed by atoms with Crippen molar-refractivity contribution in [1.82, 2.24) is 15.2 Å². The molecule has 2 heterocycles. The van der Waals surface area contributed by atoms with Gasteiger partial charge in [0.2, 0.25) is 11.0 Å². The minimum absolute atomic E-state index is 0.0876. The highest BCUT2D eigenvalue weighted by Crippen LogP contribution is 2.25. The van der Waals surface area contributed by atoms with E-state index in [4.69, 9.17) is 5.11 Å². The second-order valence-corrected chi connectivity index (χ2v) is 6.25. The first kappa shape index (κ1) is 15.4. The molecule has 7 nitrogen and oxygen atoms in total. The Morgan fingerprint density at radius 3 is 2.95 bits per heavy atom. The molecule has 0 fully saturated rings. The maximum atomic E-state index is 11.9. The fourth-order valence-electron chi connectivity index (χ4n) is 1.46. The second kappa shape index (κ2) is 7.14. The molecule has 2 aromatic heterocycles. The highest BCUT2D eigenvalue weighted by Gasteiger charge is 2.11. The highest BCUT2D eigenvalue weighted by atomic mass is 32.2. The van der Waals surface area contributed by atoms with Crippen LogP contribution in [0.4, 0.5) is 5.13 Å². The van der Waals surface area contributed by atoms with Crippen LogP contribution in [0.1, 0.15) is 11.3 Å². The van der Waals surface area contributed by atoms with Gasteiger partial charge in [-0.15, -0.1) is 10.2 Å². The van der Waals surface area contributed by atoms with Gasteiger partial charge in [0.25, 0.3) is 0 Å². The maximum absolute atomic E-state index is 11.9. The SMILES string of the molecule is Cc1cccnc1CC(=O)Nc1nnc(SCC(=O)O)s1. The average Bonchev–Trinajstić information content (AvgIpc) is 2.86. The number of pyridine rings is 1. The van der Waals surface area contributed by atoms with Gasteiger partial charge >= 0.3 is 5.97 Å². The minimum atomic E-state index is -0.925. The van der Waals surface area contributed by atoms with Gasteiger partial charge in [-0.05, 0) is 18.6 Å². The monoisotopic (exact) mass is 324 g/mol. The third-order valence-corrected chi connectivity index (χ3v) is 4.37. The number of nitrogens with zero attached hydrogens (tertiary/aromatic N) is 3. The standard InChI is InChI=1S/C12H12N4O3S2/c1-7-3-2-4-13-8(7)5-9(17)14-11-15-16-12(21-11)20-6-10(18)19/h2-4H,5-6H2,1H3,(H,18,19)(H,14,15,17). The Morgan fingerprint density at radius 1 is 1.43 bits per heavy atom. The van der Waals surface area contributed by atoms with Crippen LogP contribution in [0, 0.1) is 6.92 Å². The fourth-order valence-corrected chi connectivity index (χ4v) is 2.95. The number of aromatic nitrogens is 3. The van der Waals surface area contributed by atoms with Crippen LogP contribution in [0.25, 0.3) is 0 Å². The lowest BCUT2D eigenvalue weighted by Crippen LogP contribution is -2.15. The summed E-state index contributed by atoms with van der Waals surface area (Å²) in [6.07, 6.45) is 1.80. The summed E-state index contributed by atoms with van der Waals surface area (Å²) in [4.78, 5) is 26.5. The van der Waals surface area contributed by atoms with Gasteiger partial charge in [-0.2, -0.15) is 0 Å². The van der Waals surface area contributed by atoms with Crippen molar-refractivity contribution in [1.29, 1.82) is 0 Å². The maximum Gasteiger partial charge on any atom is 0.313 e. The molecule has 2 aromatic rings. The number of anilines is 1. The Bertz CT molecular complexity index is 659. The van der Waals surface area contributed by atoms with Gasteiger partial charge in [0.05, 0.1) is 17.9 Å². The molecule has 0 unspecified atom stereocenters. The first-order chi connectivity index (χ1) is 10.0.